The number of anilines is 1. The van der Waals surface area contributed by atoms with E-state index in [0.29, 0.717) is 16.9 Å². The van der Waals surface area contributed by atoms with E-state index in [-0.39, 0.29) is 24.3 Å². The highest BCUT2D eigenvalue weighted by Crippen LogP contribution is 2.21. The van der Waals surface area contributed by atoms with E-state index in [2.05, 4.69) is 34.0 Å². The summed E-state index contributed by atoms with van der Waals surface area (Å²) in [6.07, 6.45) is 3.85. The number of halogens is 1. The zero-order valence-corrected chi connectivity index (χ0v) is 19.2. The van der Waals surface area contributed by atoms with Crippen LogP contribution in [0.3, 0.4) is 0 Å². The molecule has 1 amide bonds. The summed E-state index contributed by atoms with van der Waals surface area (Å²) in [6.45, 7) is 8.04. The van der Waals surface area contributed by atoms with Gasteiger partial charge in [0, 0.05) is 36.8 Å². The Morgan fingerprint density at radius 1 is 1.16 bits per heavy atom. The molecule has 2 heterocycles. The molecule has 7 heteroatoms. The van der Waals surface area contributed by atoms with E-state index in [9.17, 15) is 9.18 Å². The van der Waals surface area contributed by atoms with Crippen molar-refractivity contribution in [3.05, 3.63) is 83.1 Å². The molecule has 4 rings (SSSR count). The van der Waals surface area contributed by atoms with E-state index >= 15 is 0 Å². The van der Waals surface area contributed by atoms with Crippen LogP contribution in [0.15, 0.2) is 60.6 Å². The highest BCUT2D eigenvalue weighted by molar-refractivity contribution is 5.98. The first-order valence-electron chi connectivity index (χ1n) is 10.8. The zero-order chi connectivity index (χ0) is 23.3. The molecule has 1 atom stereocenters. The first kappa shape index (κ1) is 23.2. The maximum Gasteiger partial charge on any atom is 0.251 e. The van der Waals surface area contributed by atoms with Crippen molar-refractivity contribution < 1.29 is 9.18 Å². The topological polar surface area (TPSA) is 69.3 Å². The lowest BCUT2D eigenvalue weighted by atomic mass is 10.1. The van der Waals surface area contributed by atoms with Gasteiger partial charge in [-0.2, -0.15) is 0 Å². The number of nitrogens with zero attached hydrogens (tertiary/aromatic N) is 2. The Morgan fingerprint density at radius 3 is 2.62 bits per heavy atom. The summed E-state index contributed by atoms with van der Waals surface area (Å²) >= 11 is 0. The number of hydrogen-bond donors (Lipinski definition) is 3. The maximum atomic E-state index is 13.7. The Morgan fingerprint density at radius 2 is 1.94 bits per heavy atom. The lowest BCUT2D eigenvalue weighted by Crippen LogP contribution is -2.33. The smallest absolute Gasteiger partial charge is 0.251 e. The van der Waals surface area contributed by atoms with E-state index in [1.54, 1.807) is 25.3 Å². The van der Waals surface area contributed by atoms with E-state index in [1.807, 2.05) is 50.2 Å². The second-order valence-corrected chi connectivity index (χ2v) is 7.55. The molecule has 1 aromatic heterocycles. The fourth-order valence-electron chi connectivity index (χ4n) is 3.40. The number of aromatic nitrogens is 1. The molecule has 168 valence electrons. The molecule has 6 nitrogen and oxygen atoms in total. The minimum Gasteiger partial charge on any atom is -0.348 e. The summed E-state index contributed by atoms with van der Waals surface area (Å²) in [4.78, 5) is 17.0. The standard InChI is InChI=1S/C23H24FN5O.C2H6/c1-14-4-5-16(9-20(14)24)12-26-23(30)17-6-7-18-13-25-21(11-19(18)10-17)27-22-8-15(2)28-29(22)3;1-2/h4-11,13,15,28H,12H2,1-3H3,(H,25,27)(H,26,30);1-2H3. The summed E-state index contributed by atoms with van der Waals surface area (Å²) in [5.74, 6) is 1.14. The Bertz CT molecular complexity index is 1140. The third-order valence-electron chi connectivity index (χ3n) is 5.10. The largest absolute Gasteiger partial charge is 0.348 e. The molecule has 1 aliphatic rings. The lowest BCUT2D eigenvalue weighted by Gasteiger charge is -2.18. The van der Waals surface area contributed by atoms with Crippen molar-refractivity contribution in [2.45, 2.75) is 40.3 Å². The minimum absolute atomic E-state index is 0.208. The summed E-state index contributed by atoms with van der Waals surface area (Å²) in [5, 5.41) is 9.91. The van der Waals surface area contributed by atoms with Gasteiger partial charge < -0.3 is 10.6 Å². The molecule has 0 spiro atoms. The molecule has 0 bridgehead atoms. The first-order valence-corrected chi connectivity index (χ1v) is 10.8. The fraction of sp³-hybridized carbons (Fsp3) is 0.280. The average Bonchev–Trinajstić information content (AvgIpc) is 3.11. The number of rotatable bonds is 5. The van der Waals surface area contributed by atoms with Crippen molar-refractivity contribution >= 4 is 22.5 Å². The molecular weight excluding hydrogens is 405 g/mol. The second kappa shape index (κ2) is 10.2. The van der Waals surface area contributed by atoms with Crippen molar-refractivity contribution in [2.24, 2.45) is 0 Å². The molecule has 1 unspecified atom stereocenters. The number of fused-ring (bicyclic) bond motifs is 1. The number of hydrazine groups is 1. The van der Waals surface area contributed by atoms with Gasteiger partial charge in [-0.1, -0.05) is 32.0 Å². The van der Waals surface area contributed by atoms with Crippen LogP contribution in [0.5, 0.6) is 0 Å². The van der Waals surface area contributed by atoms with E-state index in [0.717, 1.165) is 22.2 Å². The molecule has 0 aliphatic carbocycles. The van der Waals surface area contributed by atoms with Gasteiger partial charge in [-0.05, 0) is 60.7 Å². The maximum absolute atomic E-state index is 13.7. The van der Waals surface area contributed by atoms with Crippen LogP contribution < -0.4 is 16.1 Å². The van der Waals surface area contributed by atoms with Gasteiger partial charge in [0.2, 0.25) is 0 Å². The molecule has 1 aliphatic heterocycles. The normalized spacial score (nSPS) is 15.1. The van der Waals surface area contributed by atoms with Crippen LogP contribution in [0.4, 0.5) is 10.2 Å². The van der Waals surface area contributed by atoms with Gasteiger partial charge in [0.05, 0.1) is 0 Å². The second-order valence-electron chi connectivity index (χ2n) is 7.55. The monoisotopic (exact) mass is 435 g/mol. The number of benzene rings is 2. The van der Waals surface area contributed by atoms with Crippen LogP contribution in [0, 0.1) is 12.7 Å². The summed E-state index contributed by atoms with van der Waals surface area (Å²) < 4.78 is 13.7. The van der Waals surface area contributed by atoms with Crippen molar-refractivity contribution in [3.63, 3.8) is 0 Å². The van der Waals surface area contributed by atoms with Gasteiger partial charge >= 0.3 is 0 Å². The van der Waals surface area contributed by atoms with Crippen LogP contribution in [-0.2, 0) is 6.54 Å². The summed E-state index contributed by atoms with van der Waals surface area (Å²) in [6, 6.07) is 12.6. The third-order valence-corrected chi connectivity index (χ3v) is 5.10. The number of nitrogens with one attached hydrogen (secondary N) is 3. The molecule has 3 N–H and O–H groups in total. The number of amides is 1. The first-order chi connectivity index (χ1) is 15.4. The van der Waals surface area contributed by atoms with Gasteiger partial charge in [-0.3, -0.25) is 9.80 Å². The fourth-order valence-corrected chi connectivity index (χ4v) is 3.40. The highest BCUT2D eigenvalue weighted by Gasteiger charge is 2.16. The number of aryl methyl sites for hydroxylation is 1. The molecule has 0 radical (unpaired) electrons. The van der Waals surface area contributed by atoms with Crippen LogP contribution in [-0.4, -0.2) is 29.0 Å². The molecule has 32 heavy (non-hydrogen) atoms. The summed E-state index contributed by atoms with van der Waals surface area (Å²) in [7, 11) is 1.94. The molecular formula is C25H30FN5O. The van der Waals surface area contributed by atoms with Crippen LogP contribution in [0.25, 0.3) is 10.8 Å². The predicted molar refractivity (Wildman–Crippen MR) is 127 cm³/mol. The van der Waals surface area contributed by atoms with Crippen molar-refractivity contribution in [3.8, 4) is 0 Å². The lowest BCUT2D eigenvalue weighted by molar-refractivity contribution is 0.0951. The molecule has 0 saturated heterocycles. The van der Waals surface area contributed by atoms with E-state index < -0.39 is 0 Å². The zero-order valence-electron chi connectivity index (χ0n) is 19.2. The molecule has 0 saturated carbocycles. The van der Waals surface area contributed by atoms with Crippen molar-refractivity contribution in [2.75, 3.05) is 12.4 Å². The minimum atomic E-state index is -0.271. The highest BCUT2D eigenvalue weighted by atomic mass is 19.1. The third kappa shape index (κ3) is 5.42. The van der Waals surface area contributed by atoms with Gasteiger partial charge in [-0.15, -0.1) is 0 Å². The predicted octanol–water partition coefficient (Wildman–Crippen LogP) is 4.73. The van der Waals surface area contributed by atoms with E-state index in [4.69, 9.17) is 0 Å². The van der Waals surface area contributed by atoms with Crippen molar-refractivity contribution in [1.29, 1.82) is 0 Å². The van der Waals surface area contributed by atoms with Crippen LogP contribution in [0.2, 0.25) is 0 Å². The Labute approximate surface area is 188 Å². The van der Waals surface area contributed by atoms with Crippen molar-refractivity contribution in [1.82, 2.24) is 20.7 Å². The quantitative estimate of drug-likeness (QED) is 0.541. The van der Waals surface area contributed by atoms with Gasteiger partial charge in [0.15, 0.2) is 0 Å². The molecule has 3 aromatic rings. The molecule has 2 aromatic carbocycles. The number of pyridine rings is 1. The van der Waals surface area contributed by atoms with E-state index in [1.165, 1.54) is 6.07 Å². The SMILES string of the molecule is CC.Cc1ccc(CNC(=O)c2ccc3cnc(NC4=CC(C)NN4C)cc3c2)cc1F. The Kier molecular flexibility index (Phi) is 7.43. The van der Waals surface area contributed by atoms with Gasteiger partial charge in [0.25, 0.3) is 5.91 Å². The Balaban J connectivity index is 0.00000141. The summed E-state index contributed by atoms with van der Waals surface area (Å²) in [5.41, 5.74) is 5.11. The van der Waals surface area contributed by atoms with Gasteiger partial charge in [-0.25, -0.2) is 14.8 Å². The van der Waals surface area contributed by atoms with Crippen LogP contribution >= 0.6 is 0 Å². The average molecular weight is 436 g/mol. The number of carbonyl (C=O) groups excluding carboxylic acids is 1. The van der Waals surface area contributed by atoms with Gasteiger partial charge in [0.1, 0.15) is 17.5 Å². The number of carbonyl (C=O) groups is 1. The number of hydrogen-bond acceptors (Lipinski definition) is 5. The molecule has 0 fully saturated rings. The Hall–Kier alpha value is -3.45. The van der Waals surface area contributed by atoms with Crippen LogP contribution in [0.1, 0.15) is 42.3 Å².